The van der Waals surface area contributed by atoms with Crippen LogP contribution in [0.15, 0.2) is 125 Å². The molecule has 0 saturated heterocycles. The summed E-state index contributed by atoms with van der Waals surface area (Å²) in [5.41, 5.74) is 3.41. The highest BCUT2D eigenvalue weighted by Crippen LogP contribution is 2.46. The van der Waals surface area contributed by atoms with Crippen molar-refractivity contribution in [1.82, 2.24) is 24.8 Å². The number of nitrogens with zero attached hydrogens (tertiary/aromatic N) is 6. The van der Waals surface area contributed by atoms with Gasteiger partial charge in [0, 0.05) is 36.2 Å². The van der Waals surface area contributed by atoms with Crippen molar-refractivity contribution in [3.63, 3.8) is 0 Å². The number of anilines is 1. The molecule has 0 spiro atoms. The molecule has 0 bridgehead atoms. The third-order valence-corrected chi connectivity index (χ3v) is 9.81. The van der Waals surface area contributed by atoms with Gasteiger partial charge in [-0.2, -0.15) is 9.78 Å². The Kier molecular flexibility index (Phi) is 11.1. The van der Waals surface area contributed by atoms with Crippen molar-refractivity contribution in [1.29, 1.82) is 0 Å². The molecule has 52 heavy (non-hydrogen) atoms. The van der Waals surface area contributed by atoms with Crippen LogP contribution >= 0.6 is 0 Å². The topological polar surface area (TPSA) is 126 Å². The number of aromatic nitrogens is 5. The van der Waals surface area contributed by atoms with Crippen LogP contribution in [0.3, 0.4) is 0 Å². The predicted octanol–water partition coefficient (Wildman–Crippen LogP) is 6.61. The van der Waals surface area contributed by atoms with E-state index in [2.05, 4.69) is 42.3 Å². The zero-order chi connectivity index (χ0) is 36.8. The number of aliphatic hydroxyl groups excluding tert-OH is 1. The second-order valence-corrected chi connectivity index (χ2v) is 13.8. The van der Waals surface area contributed by atoms with Gasteiger partial charge in [0.25, 0.3) is 11.5 Å². The van der Waals surface area contributed by atoms with Crippen LogP contribution in [0.25, 0.3) is 16.5 Å². The summed E-state index contributed by atoms with van der Waals surface area (Å²) in [6.45, 7) is 8.80. The Morgan fingerprint density at radius 3 is 2.50 bits per heavy atom. The number of aryl methyl sites for hydroxylation is 1. The molecule has 1 unspecified atom stereocenters. The smallest absolute Gasteiger partial charge is 0.279 e. The molecule has 0 saturated carbocycles. The Morgan fingerprint density at radius 2 is 1.73 bits per heavy atom. The quantitative estimate of drug-likeness (QED) is 0.125. The van der Waals surface area contributed by atoms with Crippen molar-refractivity contribution in [2.75, 3.05) is 18.1 Å². The van der Waals surface area contributed by atoms with Gasteiger partial charge in [0.05, 0.1) is 41.2 Å². The normalized spacial score (nSPS) is 17.2. The Labute approximate surface area is 304 Å². The summed E-state index contributed by atoms with van der Waals surface area (Å²) in [4.78, 5) is 29.4. The summed E-state index contributed by atoms with van der Waals surface area (Å²) in [6.07, 6.45) is 13.9. The number of allylic oxidation sites excluding steroid dienone is 4. The lowest BCUT2D eigenvalue weighted by Gasteiger charge is -2.27. The van der Waals surface area contributed by atoms with E-state index in [0.29, 0.717) is 47.5 Å². The molecule has 0 fully saturated rings. The minimum absolute atomic E-state index is 0.0796. The molecule has 1 amide bonds. The second kappa shape index (κ2) is 15.8. The minimum atomic E-state index is -1.88. The van der Waals surface area contributed by atoms with Crippen molar-refractivity contribution in [2.45, 2.75) is 65.0 Å². The van der Waals surface area contributed by atoms with Gasteiger partial charge in [-0.05, 0) is 69.9 Å². The molecule has 268 valence electrons. The molecule has 0 radical (unpaired) electrons. The largest absolute Gasteiger partial charge is 0.395 e. The number of hydrogen-bond donors (Lipinski definition) is 2. The third kappa shape index (κ3) is 7.44. The first-order valence-electron chi connectivity index (χ1n) is 17.8. The lowest BCUT2D eigenvalue weighted by atomic mass is 9.82. The maximum absolute atomic E-state index is 14.3. The summed E-state index contributed by atoms with van der Waals surface area (Å²) < 4.78 is 3.05. The molecule has 2 aromatic heterocycles. The van der Waals surface area contributed by atoms with Crippen LogP contribution in [0.5, 0.6) is 0 Å². The molecule has 1 aliphatic heterocycles. The van der Waals surface area contributed by atoms with Gasteiger partial charge in [0.1, 0.15) is 0 Å². The van der Waals surface area contributed by atoms with Gasteiger partial charge in [-0.1, -0.05) is 96.1 Å². The van der Waals surface area contributed by atoms with Gasteiger partial charge in [0.15, 0.2) is 5.60 Å². The van der Waals surface area contributed by atoms with Crippen LogP contribution in [0.1, 0.15) is 69.7 Å². The van der Waals surface area contributed by atoms with Crippen LogP contribution in [0.2, 0.25) is 0 Å². The number of rotatable bonds is 14. The number of carbonyl (C=O) groups excluding carboxylic acids is 1. The fraction of sp³-hybridized carbons (Fsp3) is 0.310. The van der Waals surface area contributed by atoms with Gasteiger partial charge < -0.3 is 15.1 Å². The highest BCUT2D eigenvalue weighted by molar-refractivity contribution is 6.07. The van der Waals surface area contributed by atoms with Gasteiger partial charge in [0.2, 0.25) is 0 Å². The second-order valence-electron chi connectivity index (χ2n) is 13.8. The standard InChI is InChI=1S/C42H46N6O4/c1-29(2)13-12-14-30(3)22-24-47-39-21-20-34(48-40(50)35-19-9-8-18-33(35)26-43-48)25-37(39)42(52,41(47)51)31(4)15-10-11-23-46-27-38(44-45-46)36(28-49)32-16-6-5-7-17-32/h5-10,13,15-22,25-27,31,36,49,52H,11-12,14,23-24,28H2,1-4H3/b15-10+,30-22+/t31-,36?,42+/m1/s1. The fourth-order valence-corrected chi connectivity index (χ4v) is 6.74. The first kappa shape index (κ1) is 36.3. The van der Waals surface area contributed by atoms with Crippen LogP contribution in [0.4, 0.5) is 5.69 Å². The van der Waals surface area contributed by atoms with Crippen LogP contribution < -0.4 is 10.5 Å². The van der Waals surface area contributed by atoms with Crippen LogP contribution in [-0.2, 0) is 16.9 Å². The molecule has 5 aromatic rings. The number of hydrogen-bond acceptors (Lipinski definition) is 7. The molecule has 3 aromatic carbocycles. The number of carbonyl (C=O) groups is 1. The summed E-state index contributed by atoms with van der Waals surface area (Å²) in [7, 11) is 0. The van der Waals surface area contributed by atoms with E-state index >= 15 is 0 Å². The van der Waals surface area contributed by atoms with Crippen molar-refractivity contribution < 1.29 is 15.0 Å². The molecule has 3 atom stereocenters. The highest BCUT2D eigenvalue weighted by Gasteiger charge is 2.52. The first-order valence-corrected chi connectivity index (χ1v) is 17.8. The van der Waals surface area contributed by atoms with Crippen LogP contribution in [0, 0.1) is 5.92 Å². The lowest BCUT2D eigenvalue weighted by molar-refractivity contribution is -0.139. The zero-order valence-electron chi connectivity index (χ0n) is 30.2. The number of fused-ring (bicyclic) bond motifs is 2. The Hall–Kier alpha value is -5.45. The van der Waals surface area contributed by atoms with E-state index in [1.807, 2.05) is 79.9 Å². The van der Waals surface area contributed by atoms with Crippen molar-refractivity contribution >= 4 is 22.4 Å². The fourth-order valence-electron chi connectivity index (χ4n) is 6.74. The first-order chi connectivity index (χ1) is 25.1. The molecular weight excluding hydrogens is 652 g/mol. The Bertz CT molecular complexity index is 2200. The van der Waals surface area contributed by atoms with Gasteiger partial charge in [-0.15, -0.1) is 5.10 Å². The molecule has 0 aliphatic carbocycles. The lowest BCUT2D eigenvalue weighted by Crippen LogP contribution is -2.44. The zero-order valence-corrected chi connectivity index (χ0v) is 30.2. The molecule has 10 nitrogen and oxygen atoms in total. The van der Waals surface area contributed by atoms with E-state index in [0.717, 1.165) is 29.4 Å². The van der Waals surface area contributed by atoms with Gasteiger partial charge in [-0.25, -0.2) is 0 Å². The highest BCUT2D eigenvalue weighted by atomic mass is 16.3. The number of benzene rings is 3. The Morgan fingerprint density at radius 1 is 0.962 bits per heavy atom. The average molecular weight is 699 g/mol. The SMILES string of the molecule is CC(C)=CCC/C(C)=C/CN1C(=O)[C@](O)([C@H](C)/C=C/CCn2cc(C(CO)c3ccccc3)nn2)c2cc(-n3ncc4ccccc4c3=O)ccc21. The maximum atomic E-state index is 14.3. The van der Waals surface area contributed by atoms with E-state index in [4.69, 9.17) is 0 Å². The van der Waals surface area contributed by atoms with E-state index in [9.17, 15) is 19.8 Å². The summed E-state index contributed by atoms with van der Waals surface area (Å²) >= 11 is 0. The monoisotopic (exact) mass is 698 g/mol. The summed E-state index contributed by atoms with van der Waals surface area (Å²) in [5, 5.41) is 36.7. The molecular formula is C42H46N6O4. The number of aliphatic hydroxyl groups is 2. The molecule has 3 heterocycles. The summed E-state index contributed by atoms with van der Waals surface area (Å²) in [5.74, 6) is -1.29. The van der Waals surface area contributed by atoms with E-state index in [1.165, 1.54) is 10.3 Å². The molecule has 1 aliphatic rings. The minimum Gasteiger partial charge on any atom is -0.395 e. The van der Waals surface area contributed by atoms with Crippen molar-refractivity contribution in [2.24, 2.45) is 5.92 Å². The molecule has 2 N–H and O–H groups in total. The van der Waals surface area contributed by atoms with Crippen molar-refractivity contribution in [3.05, 3.63) is 148 Å². The number of amides is 1. The van der Waals surface area contributed by atoms with Gasteiger partial charge in [-0.3, -0.25) is 14.3 Å². The van der Waals surface area contributed by atoms with E-state index in [1.54, 1.807) is 40.0 Å². The van der Waals surface area contributed by atoms with E-state index < -0.39 is 17.4 Å². The third-order valence-electron chi connectivity index (χ3n) is 9.81. The molecule has 6 rings (SSSR count). The van der Waals surface area contributed by atoms with Crippen molar-refractivity contribution in [3.8, 4) is 5.69 Å². The molecule has 10 heteroatoms. The van der Waals surface area contributed by atoms with E-state index in [-0.39, 0.29) is 18.1 Å². The van der Waals surface area contributed by atoms with Crippen LogP contribution in [-0.4, -0.2) is 54.0 Å². The van der Waals surface area contributed by atoms with Gasteiger partial charge >= 0.3 is 0 Å². The average Bonchev–Trinajstić information content (AvgIpc) is 3.70. The maximum Gasteiger partial charge on any atom is 0.279 e. The summed E-state index contributed by atoms with van der Waals surface area (Å²) in [6, 6.07) is 22.3. The Balaban J connectivity index is 1.25. The predicted molar refractivity (Wildman–Crippen MR) is 204 cm³/mol.